The fourth-order valence-corrected chi connectivity index (χ4v) is 1.77. The number of carbonyl (C=O) groups excluding carboxylic acids is 2. The Morgan fingerprint density at radius 2 is 1.80 bits per heavy atom. The number of rotatable bonds is 3. The lowest BCUT2D eigenvalue weighted by Crippen LogP contribution is -2.57. The molecule has 0 bridgehead atoms. The summed E-state index contributed by atoms with van der Waals surface area (Å²) in [7, 11) is 1.39. The van der Waals surface area contributed by atoms with E-state index < -0.39 is 5.54 Å². The van der Waals surface area contributed by atoms with Crippen molar-refractivity contribution in [1.82, 2.24) is 9.80 Å². The van der Waals surface area contributed by atoms with E-state index in [9.17, 15) is 9.59 Å². The van der Waals surface area contributed by atoms with Gasteiger partial charge in [-0.3, -0.25) is 14.5 Å². The molecule has 1 heterocycles. The maximum Gasteiger partial charge on any atom is 0.325 e. The zero-order valence-corrected chi connectivity index (χ0v) is 9.52. The van der Waals surface area contributed by atoms with E-state index in [1.54, 1.807) is 4.90 Å². The number of carbonyl (C=O) groups is 2. The number of hydrogen-bond donors (Lipinski definition) is 0. The third kappa shape index (κ3) is 2.47. The Morgan fingerprint density at radius 3 is 2.20 bits per heavy atom. The molecule has 86 valence electrons. The van der Waals surface area contributed by atoms with E-state index in [2.05, 4.69) is 0 Å². The first-order valence-electron chi connectivity index (χ1n) is 5.05. The van der Waals surface area contributed by atoms with Crippen molar-refractivity contribution in [3.63, 3.8) is 0 Å². The summed E-state index contributed by atoms with van der Waals surface area (Å²) in [6, 6.07) is 0. The summed E-state index contributed by atoms with van der Waals surface area (Å²) < 4.78 is 4.76. The van der Waals surface area contributed by atoms with Crippen LogP contribution in [0.3, 0.4) is 0 Å². The lowest BCUT2D eigenvalue weighted by atomic mass is 10.0. The first-order valence-corrected chi connectivity index (χ1v) is 5.05. The molecule has 0 aromatic heterocycles. The van der Waals surface area contributed by atoms with Crippen LogP contribution in [0.2, 0.25) is 0 Å². The van der Waals surface area contributed by atoms with E-state index in [-0.39, 0.29) is 5.97 Å². The van der Waals surface area contributed by atoms with Crippen LogP contribution in [-0.4, -0.2) is 61.0 Å². The van der Waals surface area contributed by atoms with Crippen molar-refractivity contribution in [2.45, 2.75) is 19.4 Å². The molecule has 0 aliphatic carbocycles. The summed E-state index contributed by atoms with van der Waals surface area (Å²) in [5.74, 6) is -0.234. The molecule has 1 aliphatic heterocycles. The molecule has 0 radical (unpaired) electrons. The predicted octanol–water partition coefficient (Wildman–Crippen LogP) is -0.288. The second kappa shape index (κ2) is 4.61. The van der Waals surface area contributed by atoms with Gasteiger partial charge >= 0.3 is 5.97 Å². The Kier molecular flexibility index (Phi) is 3.68. The van der Waals surface area contributed by atoms with Gasteiger partial charge in [0.1, 0.15) is 5.54 Å². The zero-order chi connectivity index (χ0) is 11.5. The third-order valence-corrected chi connectivity index (χ3v) is 2.94. The van der Waals surface area contributed by atoms with Crippen molar-refractivity contribution in [2.24, 2.45) is 0 Å². The van der Waals surface area contributed by atoms with Gasteiger partial charge < -0.3 is 9.64 Å². The van der Waals surface area contributed by atoms with Crippen LogP contribution in [0, 0.1) is 0 Å². The average molecular weight is 214 g/mol. The fraction of sp³-hybridized carbons (Fsp3) is 0.800. The smallest absolute Gasteiger partial charge is 0.325 e. The molecule has 1 fully saturated rings. The highest BCUT2D eigenvalue weighted by Gasteiger charge is 2.37. The largest absolute Gasteiger partial charge is 0.468 e. The number of piperazine rings is 1. The maximum absolute atomic E-state index is 11.5. The summed E-state index contributed by atoms with van der Waals surface area (Å²) >= 11 is 0. The highest BCUT2D eigenvalue weighted by Crippen LogP contribution is 2.17. The third-order valence-electron chi connectivity index (χ3n) is 2.94. The van der Waals surface area contributed by atoms with Gasteiger partial charge in [0.15, 0.2) is 0 Å². The minimum atomic E-state index is -0.607. The van der Waals surface area contributed by atoms with Crippen LogP contribution in [0.5, 0.6) is 0 Å². The van der Waals surface area contributed by atoms with Crippen molar-refractivity contribution < 1.29 is 14.3 Å². The number of methoxy groups -OCH3 is 1. The van der Waals surface area contributed by atoms with E-state index in [1.807, 2.05) is 18.7 Å². The van der Waals surface area contributed by atoms with Crippen molar-refractivity contribution in [3.8, 4) is 0 Å². The highest BCUT2D eigenvalue weighted by molar-refractivity contribution is 5.79. The van der Waals surface area contributed by atoms with Crippen LogP contribution < -0.4 is 0 Å². The summed E-state index contributed by atoms with van der Waals surface area (Å²) in [5.41, 5.74) is -0.607. The van der Waals surface area contributed by atoms with Gasteiger partial charge in [-0.15, -0.1) is 0 Å². The molecular weight excluding hydrogens is 196 g/mol. The van der Waals surface area contributed by atoms with E-state index in [0.717, 1.165) is 6.41 Å². The SMILES string of the molecule is COC(=O)C(C)(C)N1CCN(C=O)CC1. The molecule has 1 aliphatic rings. The van der Waals surface area contributed by atoms with Crippen molar-refractivity contribution in [2.75, 3.05) is 33.3 Å². The highest BCUT2D eigenvalue weighted by atomic mass is 16.5. The molecule has 0 aromatic rings. The summed E-state index contributed by atoms with van der Waals surface area (Å²) in [6.45, 7) is 6.44. The maximum atomic E-state index is 11.5. The van der Waals surface area contributed by atoms with Crippen LogP contribution in [0.4, 0.5) is 0 Å². The van der Waals surface area contributed by atoms with E-state index in [0.29, 0.717) is 26.2 Å². The second-order valence-corrected chi connectivity index (χ2v) is 4.18. The van der Waals surface area contributed by atoms with Crippen molar-refractivity contribution >= 4 is 12.4 Å². The minimum Gasteiger partial charge on any atom is -0.468 e. The normalized spacial score (nSPS) is 18.7. The topological polar surface area (TPSA) is 49.9 Å². The first kappa shape index (κ1) is 12.0. The lowest BCUT2D eigenvalue weighted by molar-refractivity contribution is -0.154. The van der Waals surface area contributed by atoms with Crippen LogP contribution in [0.15, 0.2) is 0 Å². The average Bonchev–Trinajstić information content (AvgIpc) is 2.28. The Labute approximate surface area is 90.0 Å². The van der Waals surface area contributed by atoms with Crippen LogP contribution in [0.25, 0.3) is 0 Å². The molecule has 5 heteroatoms. The van der Waals surface area contributed by atoms with E-state index >= 15 is 0 Å². The van der Waals surface area contributed by atoms with Gasteiger partial charge in [0.2, 0.25) is 6.41 Å². The number of hydrogen-bond acceptors (Lipinski definition) is 4. The number of nitrogens with zero attached hydrogens (tertiary/aromatic N) is 2. The molecule has 1 rings (SSSR count). The lowest BCUT2D eigenvalue weighted by Gasteiger charge is -2.41. The molecule has 0 saturated carbocycles. The Balaban J connectivity index is 2.59. The fourth-order valence-electron chi connectivity index (χ4n) is 1.77. The van der Waals surface area contributed by atoms with Gasteiger partial charge in [-0.2, -0.15) is 0 Å². The molecule has 0 unspecified atom stereocenters. The Bertz CT molecular complexity index is 245. The minimum absolute atomic E-state index is 0.234. The van der Waals surface area contributed by atoms with Crippen molar-refractivity contribution in [3.05, 3.63) is 0 Å². The van der Waals surface area contributed by atoms with Gasteiger partial charge in [0.25, 0.3) is 0 Å². The van der Waals surface area contributed by atoms with E-state index in [1.165, 1.54) is 7.11 Å². The van der Waals surface area contributed by atoms with Gasteiger partial charge in [-0.25, -0.2) is 0 Å². The number of ether oxygens (including phenoxy) is 1. The van der Waals surface area contributed by atoms with Gasteiger partial charge in [-0.05, 0) is 13.8 Å². The van der Waals surface area contributed by atoms with Gasteiger partial charge in [-0.1, -0.05) is 0 Å². The quantitative estimate of drug-likeness (QED) is 0.478. The molecular formula is C10H18N2O3. The summed E-state index contributed by atoms with van der Waals surface area (Å²) in [6.07, 6.45) is 0.850. The zero-order valence-electron chi connectivity index (χ0n) is 9.52. The van der Waals surface area contributed by atoms with E-state index in [4.69, 9.17) is 4.74 Å². The van der Waals surface area contributed by atoms with Crippen LogP contribution in [-0.2, 0) is 14.3 Å². The molecule has 0 N–H and O–H groups in total. The van der Waals surface area contributed by atoms with Gasteiger partial charge in [0.05, 0.1) is 7.11 Å². The molecule has 5 nitrogen and oxygen atoms in total. The standard InChI is InChI=1S/C10H18N2O3/c1-10(2,9(14)15-3)12-6-4-11(8-13)5-7-12/h8H,4-7H2,1-3H3. The van der Waals surface area contributed by atoms with Crippen LogP contribution in [0.1, 0.15) is 13.8 Å². The monoisotopic (exact) mass is 214 g/mol. The molecule has 15 heavy (non-hydrogen) atoms. The predicted molar refractivity (Wildman–Crippen MR) is 55.3 cm³/mol. The van der Waals surface area contributed by atoms with Crippen molar-refractivity contribution in [1.29, 1.82) is 0 Å². The summed E-state index contributed by atoms with van der Waals surface area (Å²) in [4.78, 5) is 25.8. The molecule has 0 aromatic carbocycles. The molecule has 1 amide bonds. The summed E-state index contributed by atoms with van der Waals surface area (Å²) in [5, 5.41) is 0. The number of esters is 1. The van der Waals surface area contributed by atoms with Crippen LogP contribution >= 0.6 is 0 Å². The molecule has 0 atom stereocenters. The Morgan fingerprint density at radius 1 is 1.27 bits per heavy atom. The molecule has 1 saturated heterocycles. The second-order valence-electron chi connectivity index (χ2n) is 4.18. The number of amides is 1. The Hall–Kier alpha value is -1.10. The first-order chi connectivity index (χ1) is 7.02. The molecule has 0 spiro atoms. The van der Waals surface area contributed by atoms with Gasteiger partial charge in [0, 0.05) is 26.2 Å².